The molecule has 0 bridgehead atoms. The Morgan fingerprint density at radius 3 is 2.33 bits per heavy atom. The lowest BCUT2D eigenvalue weighted by Crippen LogP contribution is -2.39. The number of ether oxygens (including phenoxy) is 2. The Morgan fingerprint density at radius 1 is 0.815 bits per heavy atom. The topological polar surface area (TPSA) is 59.1 Å². The van der Waals surface area contributed by atoms with Gasteiger partial charge in [0.25, 0.3) is 5.91 Å². The highest BCUT2D eigenvalue weighted by Gasteiger charge is 2.29. The molecule has 2 aliphatic heterocycles. The van der Waals surface area contributed by atoms with Gasteiger partial charge in [0.1, 0.15) is 0 Å². The monoisotopic (exact) mass is 372 g/mol. The first-order valence-electron chi connectivity index (χ1n) is 10.2. The maximum atomic E-state index is 13.0. The number of carbonyl (C=O) groups is 2. The van der Waals surface area contributed by atoms with E-state index in [9.17, 15) is 9.59 Å². The van der Waals surface area contributed by atoms with Gasteiger partial charge in [-0.05, 0) is 37.5 Å². The number of rotatable bonds is 2. The molecule has 0 spiro atoms. The summed E-state index contributed by atoms with van der Waals surface area (Å²) in [4.78, 5) is 29.5. The summed E-state index contributed by atoms with van der Waals surface area (Å²) in [5, 5.41) is 0. The van der Waals surface area contributed by atoms with Gasteiger partial charge in [0, 0.05) is 44.1 Å². The molecule has 6 nitrogen and oxygen atoms in total. The Bertz CT molecular complexity index is 699. The largest absolute Gasteiger partial charge is 0.490 e. The van der Waals surface area contributed by atoms with E-state index in [2.05, 4.69) is 0 Å². The predicted octanol–water partition coefficient (Wildman–Crippen LogP) is 2.71. The van der Waals surface area contributed by atoms with Gasteiger partial charge in [-0.25, -0.2) is 0 Å². The Morgan fingerprint density at radius 2 is 1.52 bits per heavy atom. The van der Waals surface area contributed by atoms with Crippen LogP contribution in [0.4, 0.5) is 0 Å². The summed E-state index contributed by atoms with van der Waals surface area (Å²) in [6.07, 6.45) is 6.05. The van der Waals surface area contributed by atoms with Crippen LogP contribution in [0.25, 0.3) is 0 Å². The molecule has 0 N–H and O–H groups in total. The van der Waals surface area contributed by atoms with Crippen LogP contribution in [-0.4, -0.2) is 61.0 Å². The van der Waals surface area contributed by atoms with Crippen LogP contribution < -0.4 is 9.47 Å². The Balaban J connectivity index is 1.40. The molecule has 0 unspecified atom stereocenters. The van der Waals surface area contributed by atoms with Crippen LogP contribution in [0.2, 0.25) is 0 Å². The van der Waals surface area contributed by atoms with Crippen molar-refractivity contribution in [2.45, 2.75) is 38.5 Å². The lowest BCUT2D eigenvalue weighted by Gasteiger charge is -2.24. The summed E-state index contributed by atoms with van der Waals surface area (Å²) >= 11 is 0. The molecular formula is C21H28N2O4. The summed E-state index contributed by atoms with van der Waals surface area (Å²) in [6, 6.07) is 5.42. The fourth-order valence-electron chi connectivity index (χ4n) is 4.25. The molecule has 6 heteroatoms. The zero-order valence-electron chi connectivity index (χ0n) is 15.8. The van der Waals surface area contributed by atoms with Crippen LogP contribution in [0, 0.1) is 5.92 Å². The summed E-state index contributed by atoms with van der Waals surface area (Å²) < 4.78 is 11.4. The molecule has 0 radical (unpaired) electrons. The molecule has 27 heavy (non-hydrogen) atoms. The molecule has 2 amide bonds. The van der Waals surface area contributed by atoms with Crippen molar-refractivity contribution in [2.75, 3.05) is 39.4 Å². The van der Waals surface area contributed by atoms with Crippen LogP contribution in [0.5, 0.6) is 11.5 Å². The van der Waals surface area contributed by atoms with Gasteiger partial charge in [0.15, 0.2) is 11.5 Å². The van der Waals surface area contributed by atoms with Crippen molar-refractivity contribution >= 4 is 11.8 Å². The van der Waals surface area contributed by atoms with Crippen LogP contribution in [0.1, 0.15) is 48.9 Å². The molecule has 3 aliphatic rings. The van der Waals surface area contributed by atoms with Crippen LogP contribution >= 0.6 is 0 Å². The average molecular weight is 372 g/mol. The quantitative estimate of drug-likeness (QED) is 0.801. The molecule has 1 aromatic carbocycles. The molecule has 4 rings (SSSR count). The van der Waals surface area contributed by atoms with E-state index < -0.39 is 0 Å². The maximum absolute atomic E-state index is 13.0. The number of fused-ring (bicyclic) bond motifs is 1. The van der Waals surface area contributed by atoms with E-state index in [-0.39, 0.29) is 17.7 Å². The fraction of sp³-hybridized carbons (Fsp3) is 0.619. The Kier molecular flexibility index (Phi) is 5.50. The first-order valence-corrected chi connectivity index (χ1v) is 10.2. The third-order valence-corrected chi connectivity index (χ3v) is 5.79. The molecule has 1 aromatic rings. The van der Waals surface area contributed by atoms with E-state index in [1.165, 1.54) is 12.8 Å². The predicted molar refractivity (Wildman–Crippen MR) is 101 cm³/mol. The number of hydrogen-bond acceptors (Lipinski definition) is 4. The van der Waals surface area contributed by atoms with Gasteiger partial charge in [0.2, 0.25) is 5.91 Å². The van der Waals surface area contributed by atoms with E-state index in [1.54, 1.807) is 6.07 Å². The number of amides is 2. The van der Waals surface area contributed by atoms with Crippen LogP contribution in [0.3, 0.4) is 0 Å². The molecule has 2 fully saturated rings. The van der Waals surface area contributed by atoms with E-state index >= 15 is 0 Å². The van der Waals surface area contributed by atoms with E-state index in [1.807, 2.05) is 21.9 Å². The van der Waals surface area contributed by atoms with Crippen molar-refractivity contribution < 1.29 is 19.1 Å². The second-order valence-electron chi connectivity index (χ2n) is 7.66. The lowest BCUT2D eigenvalue weighted by molar-refractivity contribution is -0.135. The lowest BCUT2D eigenvalue weighted by atomic mass is 10.1. The molecule has 0 aromatic heterocycles. The summed E-state index contributed by atoms with van der Waals surface area (Å²) in [7, 11) is 0. The van der Waals surface area contributed by atoms with E-state index in [0.29, 0.717) is 49.9 Å². The minimum Gasteiger partial charge on any atom is -0.490 e. The SMILES string of the molecule is O=C(c1ccc2c(c1)OCCCO2)N1CCCN(C(=O)C2CCCC2)CC1. The molecule has 1 saturated heterocycles. The minimum absolute atomic E-state index is 0.000752. The third-order valence-electron chi connectivity index (χ3n) is 5.79. The normalized spacial score (nSPS) is 20.9. The number of hydrogen-bond donors (Lipinski definition) is 0. The van der Waals surface area contributed by atoms with Crippen molar-refractivity contribution in [1.29, 1.82) is 0 Å². The molecule has 0 atom stereocenters. The van der Waals surface area contributed by atoms with Gasteiger partial charge in [-0.1, -0.05) is 12.8 Å². The van der Waals surface area contributed by atoms with Crippen LogP contribution in [0.15, 0.2) is 18.2 Å². The Labute approximate surface area is 160 Å². The molecule has 2 heterocycles. The van der Waals surface area contributed by atoms with E-state index in [0.717, 1.165) is 32.2 Å². The standard InChI is InChI=1S/C21H28N2O4/c24-20(16-5-1-2-6-16)22-9-3-10-23(12-11-22)21(25)17-7-8-18-19(15-17)27-14-4-13-26-18/h7-8,15-16H,1-6,9-14H2. The zero-order valence-corrected chi connectivity index (χ0v) is 15.8. The fourth-order valence-corrected chi connectivity index (χ4v) is 4.25. The Hall–Kier alpha value is -2.24. The zero-order chi connectivity index (χ0) is 18.6. The van der Waals surface area contributed by atoms with Crippen LogP contribution in [-0.2, 0) is 4.79 Å². The minimum atomic E-state index is 0.000752. The smallest absolute Gasteiger partial charge is 0.254 e. The average Bonchev–Trinajstić information content (AvgIpc) is 2.98. The molecule has 146 valence electrons. The van der Waals surface area contributed by atoms with E-state index in [4.69, 9.17) is 9.47 Å². The van der Waals surface area contributed by atoms with Gasteiger partial charge in [-0.2, -0.15) is 0 Å². The van der Waals surface area contributed by atoms with Crippen molar-refractivity contribution in [2.24, 2.45) is 5.92 Å². The third kappa shape index (κ3) is 4.04. The maximum Gasteiger partial charge on any atom is 0.254 e. The summed E-state index contributed by atoms with van der Waals surface area (Å²) in [5.41, 5.74) is 0.620. The van der Waals surface area contributed by atoms with Gasteiger partial charge in [0.05, 0.1) is 13.2 Å². The van der Waals surface area contributed by atoms with Gasteiger partial charge in [-0.15, -0.1) is 0 Å². The highest BCUT2D eigenvalue weighted by atomic mass is 16.5. The second kappa shape index (κ2) is 8.19. The van der Waals surface area contributed by atoms with Gasteiger partial charge >= 0.3 is 0 Å². The van der Waals surface area contributed by atoms with Gasteiger partial charge in [-0.3, -0.25) is 9.59 Å². The van der Waals surface area contributed by atoms with Crippen molar-refractivity contribution in [3.63, 3.8) is 0 Å². The summed E-state index contributed by atoms with van der Waals surface area (Å²) in [5.74, 6) is 1.84. The van der Waals surface area contributed by atoms with Crippen molar-refractivity contribution in [3.8, 4) is 11.5 Å². The van der Waals surface area contributed by atoms with Gasteiger partial charge < -0.3 is 19.3 Å². The van der Waals surface area contributed by atoms with Crippen molar-refractivity contribution in [3.05, 3.63) is 23.8 Å². The first kappa shape index (κ1) is 18.1. The van der Waals surface area contributed by atoms with Crippen molar-refractivity contribution in [1.82, 2.24) is 9.80 Å². The number of nitrogens with zero attached hydrogens (tertiary/aromatic N) is 2. The molecular weight excluding hydrogens is 344 g/mol. The molecule has 1 saturated carbocycles. The number of carbonyl (C=O) groups excluding carboxylic acids is 2. The highest BCUT2D eigenvalue weighted by Crippen LogP contribution is 2.31. The number of benzene rings is 1. The molecule has 1 aliphatic carbocycles. The first-order chi connectivity index (χ1) is 13.2. The summed E-state index contributed by atoms with van der Waals surface area (Å²) in [6.45, 7) is 3.89. The second-order valence-corrected chi connectivity index (χ2v) is 7.66. The highest BCUT2D eigenvalue weighted by molar-refractivity contribution is 5.95.